The summed E-state index contributed by atoms with van der Waals surface area (Å²) < 4.78 is 21.4. The Morgan fingerprint density at radius 1 is 0.588 bits per heavy atom. The molecule has 0 fully saturated rings. The third-order valence-electron chi connectivity index (χ3n) is 12.5. The third kappa shape index (κ3) is 24.3. The number of phosphoric acid groups is 1. The zero-order valence-corrected chi connectivity index (χ0v) is 48.3. The number of aliphatic carboxylic acids is 3. The topological polar surface area (TPSA) is 554 Å². The smallest absolute Gasteiger partial charge is 0.481 e. The zero-order valence-electron chi connectivity index (χ0n) is 47.4. The van der Waals surface area contributed by atoms with Gasteiger partial charge in [-0.2, -0.15) is 0 Å². The average Bonchev–Trinajstić information content (AvgIpc) is 3.32. The number of amides is 10. The number of hydrogen-bond acceptors (Lipinski definition) is 19. The normalized spacial score (nSPS) is 15.3. The summed E-state index contributed by atoms with van der Waals surface area (Å²) in [7, 11) is -5.17. The van der Waals surface area contributed by atoms with E-state index in [0.717, 1.165) is 38.1 Å². The monoisotopic (exact) mass is 1230 g/mol. The fourth-order valence-corrected chi connectivity index (χ4v) is 8.43. The Balaban J connectivity index is 2.70. The molecule has 0 spiro atoms. The minimum Gasteiger partial charge on any atom is -0.481 e. The number of fused-ring (bicyclic) bond motifs is 1. The molecule has 0 saturated heterocycles. The molecule has 1 aromatic heterocycles. The van der Waals surface area contributed by atoms with Crippen LogP contribution >= 0.6 is 7.82 Å². The first-order valence-corrected chi connectivity index (χ1v) is 27.7. The Bertz CT molecular complexity index is 2910. The molecule has 0 unspecified atom stereocenters. The van der Waals surface area contributed by atoms with Crippen LogP contribution in [0.25, 0.3) is 11.0 Å². The summed E-state index contributed by atoms with van der Waals surface area (Å²) >= 11 is 0. The highest BCUT2D eigenvalue weighted by atomic mass is 31.2. The highest BCUT2D eigenvalue weighted by Gasteiger charge is 2.39. The van der Waals surface area contributed by atoms with Crippen molar-refractivity contribution in [3.05, 3.63) is 40.2 Å². The van der Waals surface area contributed by atoms with E-state index in [0.29, 0.717) is 0 Å². The molecule has 1 aromatic carbocycles. The van der Waals surface area contributed by atoms with E-state index in [1.165, 1.54) is 20.8 Å². The molecule has 0 saturated carbocycles. The molecule has 0 aliphatic carbocycles. The van der Waals surface area contributed by atoms with E-state index in [1.807, 2.05) is 5.32 Å². The minimum atomic E-state index is -5.17. The van der Waals surface area contributed by atoms with Crippen molar-refractivity contribution in [1.82, 2.24) is 47.9 Å². The van der Waals surface area contributed by atoms with Crippen LogP contribution < -0.4 is 63.7 Å². The van der Waals surface area contributed by atoms with Crippen LogP contribution in [-0.4, -0.2) is 179 Å². The number of carboxylic acid groups (broad SMARTS) is 3. The number of nitrogens with two attached hydrogens (primary N) is 1. The van der Waals surface area contributed by atoms with E-state index in [2.05, 4.69) is 47.1 Å². The number of carbonyl (C=O) groups is 13. The number of carbonyl (C=O) groups excluding carboxylic acids is 10. The molecule has 85 heavy (non-hydrogen) atoms. The first-order chi connectivity index (χ1) is 39.4. The van der Waals surface area contributed by atoms with Crippen molar-refractivity contribution in [2.75, 3.05) is 6.61 Å². The van der Waals surface area contributed by atoms with Gasteiger partial charge in [0.15, 0.2) is 0 Å². The van der Waals surface area contributed by atoms with Gasteiger partial charge in [0.1, 0.15) is 65.7 Å². The van der Waals surface area contributed by atoms with Crippen molar-refractivity contribution >= 4 is 95.8 Å². The van der Waals surface area contributed by atoms with Gasteiger partial charge in [0.05, 0.1) is 32.0 Å². The van der Waals surface area contributed by atoms with Crippen LogP contribution in [0.4, 0.5) is 0 Å². The van der Waals surface area contributed by atoms with Crippen LogP contribution in [0.1, 0.15) is 93.1 Å². The van der Waals surface area contributed by atoms with Gasteiger partial charge in [-0.15, -0.1) is 0 Å². The summed E-state index contributed by atoms with van der Waals surface area (Å²) in [6, 6.07) is -12.4. The fraction of sp³-hybridized carbons (Fsp3) is 0.560. The zero-order chi connectivity index (χ0) is 65.0. The lowest BCUT2D eigenvalue weighted by Crippen LogP contribution is -2.63. The number of hydrogen-bond donors (Lipinski definition) is 17. The van der Waals surface area contributed by atoms with Gasteiger partial charge in [-0.25, -0.2) is 9.36 Å². The highest BCUT2D eigenvalue weighted by molar-refractivity contribution is 7.46. The van der Waals surface area contributed by atoms with E-state index >= 15 is 0 Å². The molecular formula is C50H73N10O24P. The third-order valence-corrected chi connectivity index (χ3v) is 12.9. The number of nitrogens with one attached hydrogen (secondary N) is 9. The summed E-state index contributed by atoms with van der Waals surface area (Å²) in [6.07, 6.45) is -5.68. The molecule has 2 rings (SSSR count). The maximum Gasteiger partial charge on any atom is 0.524 e. The Morgan fingerprint density at radius 2 is 1.02 bits per heavy atom. The molecule has 34 nitrogen and oxygen atoms in total. The summed E-state index contributed by atoms with van der Waals surface area (Å²) in [4.78, 5) is 201. The maximum absolute atomic E-state index is 14.6. The van der Waals surface area contributed by atoms with Crippen molar-refractivity contribution in [3.63, 3.8) is 0 Å². The van der Waals surface area contributed by atoms with Crippen LogP contribution in [-0.2, 0) is 73.3 Å². The molecule has 0 aliphatic heterocycles. The molecule has 2 aromatic rings. The van der Waals surface area contributed by atoms with E-state index in [1.54, 1.807) is 20.8 Å². The molecule has 0 radical (unpaired) electrons. The predicted molar refractivity (Wildman–Crippen MR) is 290 cm³/mol. The quantitative estimate of drug-likeness (QED) is 0.0228. The molecule has 11 atom stereocenters. The Labute approximate surface area is 484 Å². The number of benzene rings is 1. The second-order valence-corrected chi connectivity index (χ2v) is 21.6. The maximum atomic E-state index is 14.6. The molecule has 18 N–H and O–H groups in total. The van der Waals surface area contributed by atoms with Gasteiger partial charge in [-0.05, 0) is 48.8 Å². The van der Waals surface area contributed by atoms with E-state index < -0.39 is 201 Å². The second-order valence-electron chi connectivity index (χ2n) is 20.4. The van der Waals surface area contributed by atoms with Crippen LogP contribution in [0.5, 0.6) is 5.75 Å². The largest absolute Gasteiger partial charge is 0.524 e. The van der Waals surface area contributed by atoms with E-state index in [9.17, 15) is 107 Å². The van der Waals surface area contributed by atoms with Crippen LogP contribution in [0.15, 0.2) is 33.5 Å². The molecule has 472 valence electrons. The second kappa shape index (κ2) is 33.0. The van der Waals surface area contributed by atoms with E-state index in [4.69, 9.17) is 10.2 Å². The number of rotatable bonds is 35. The first-order valence-electron chi connectivity index (χ1n) is 26.1. The van der Waals surface area contributed by atoms with Gasteiger partial charge in [0.25, 0.3) is 0 Å². The molecule has 35 heteroatoms. The van der Waals surface area contributed by atoms with Crippen molar-refractivity contribution in [3.8, 4) is 5.75 Å². The molecule has 10 amide bonds. The van der Waals surface area contributed by atoms with Gasteiger partial charge in [0, 0.05) is 30.9 Å². The minimum absolute atomic E-state index is 0.0426. The first kappa shape index (κ1) is 72.5. The molecular weight excluding hydrogens is 1160 g/mol. The fourth-order valence-electron chi connectivity index (χ4n) is 8.04. The van der Waals surface area contributed by atoms with Gasteiger partial charge in [0.2, 0.25) is 59.1 Å². The number of carboxylic acids is 3. The summed E-state index contributed by atoms with van der Waals surface area (Å²) in [5.74, 6) is -19.2. The number of aliphatic hydroxyl groups excluding tert-OH is 2. The Kier molecular flexibility index (Phi) is 28.2. The van der Waals surface area contributed by atoms with Crippen LogP contribution in [0, 0.1) is 17.8 Å². The van der Waals surface area contributed by atoms with Gasteiger partial charge >= 0.3 is 31.4 Å². The number of aliphatic hydroxyl groups is 2. The van der Waals surface area contributed by atoms with Crippen LogP contribution in [0.3, 0.4) is 0 Å². The summed E-state index contributed by atoms with van der Waals surface area (Å²) in [5, 5.41) is 69.2. The lowest BCUT2D eigenvalue weighted by Gasteiger charge is -2.30. The number of phosphoric ester groups is 1. The molecule has 1 heterocycles. The SMILES string of the molecule is CC[C@H](C)[C@H](NC(=O)[C@@H](NC(=O)[C@H](CO)NC(=O)[C@H](CC(=O)O)NC(C)=O)[C@@H](C)O)C(=O)N[C@@H](Cc1cc(=O)oc2cc(OP(=O)(O)O)ccc12)C(=O)N[C@@H](CC(=O)O)C(=O)N[C@H](C(=O)N[C@@H](CC(C)C)C(=O)N[C@@H](CC(=O)O)C(N)=O)C(C)C. The summed E-state index contributed by atoms with van der Waals surface area (Å²) in [5.41, 5.74) is 3.62. The lowest BCUT2D eigenvalue weighted by atomic mass is 9.96. The van der Waals surface area contributed by atoms with Crippen molar-refractivity contribution < 1.29 is 111 Å². The lowest BCUT2D eigenvalue weighted by molar-refractivity contribution is -0.142. The van der Waals surface area contributed by atoms with Crippen molar-refractivity contribution in [1.29, 1.82) is 0 Å². The van der Waals surface area contributed by atoms with Crippen molar-refractivity contribution in [2.24, 2.45) is 23.5 Å². The van der Waals surface area contributed by atoms with Gasteiger partial charge in [-0.3, -0.25) is 72.1 Å². The highest BCUT2D eigenvalue weighted by Crippen LogP contribution is 2.38. The Morgan fingerprint density at radius 3 is 1.52 bits per heavy atom. The number of primary amides is 1. The van der Waals surface area contributed by atoms with Crippen LogP contribution in [0.2, 0.25) is 0 Å². The van der Waals surface area contributed by atoms with Crippen molar-refractivity contribution in [2.45, 2.75) is 154 Å². The van der Waals surface area contributed by atoms with Gasteiger partial charge in [-0.1, -0.05) is 48.0 Å². The Hall–Kier alpha value is -8.59. The van der Waals surface area contributed by atoms with E-state index in [-0.39, 0.29) is 35.3 Å². The standard InChI is InChI=1S/C50H73N10O24P/c1-9-22(6)40(59-50(79)41(23(7)62)60-47(76)33(19-61)57-45(74)31(17-36(66)67)52-24(8)63)49(78)56-30(13-25-14-38(70)83-34-15-26(10-11-27(25)34)84-85(80,81)82)44(73)54-32(18-37(68)69)46(75)58-39(21(4)5)48(77)55-29(12-20(2)3)43(72)53-28(42(51)71)16-35(64)65/h10-11,14-15,20-23,28-33,39-41,61-62H,9,12-13,16-19H2,1-8H3,(H2,51,71)(H,52,63)(H,53,72)(H,54,73)(H,55,77)(H,56,78)(H,57,74)(H,58,75)(H,59,79)(H,60,76)(H,64,65)(H,66,67)(H,68,69)(H2,80,81,82)/t22-,23+,28-,29-,30-,31-,32-,33-,39-,40-,41-/m0/s1. The molecule has 0 aliphatic rings. The predicted octanol–water partition coefficient (Wildman–Crippen LogP) is -4.78. The average molecular weight is 1230 g/mol. The van der Waals surface area contributed by atoms with Gasteiger partial charge < -0.3 is 88.1 Å². The molecule has 0 bridgehead atoms. The summed E-state index contributed by atoms with van der Waals surface area (Å²) in [6.45, 7) is 10.00.